The topological polar surface area (TPSA) is 87.7 Å². The van der Waals surface area contributed by atoms with Gasteiger partial charge in [0.25, 0.3) is 0 Å². The number of carbonyl (C=O) groups excluding carboxylic acids is 2. The Morgan fingerprint density at radius 2 is 1.94 bits per heavy atom. The van der Waals surface area contributed by atoms with Crippen LogP contribution in [0.4, 0.5) is 4.79 Å². The van der Waals surface area contributed by atoms with Crippen LogP contribution in [0.1, 0.15) is 27.7 Å². The number of carbonyl (C=O) groups is 2. The predicted octanol–water partition coefficient (Wildman–Crippen LogP) is 0.00810. The van der Waals surface area contributed by atoms with Crippen molar-refractivity contribution in [2.24, 2.45) is 0 Å². The summed E-state index contributed by atoms with van der Waals surface area (Å²) in [6.07, 6.45) is -0.717. The Morgan fingerprint density at radius 1 is 1.38 bits per heavy atom. The van der Waals surface area contributed by atoms with Gasteiger partial charge in [-0.25, -0.2) is 4.79 Å². The second kappa shape index (κ2) is 6.32. The highest BCUT2D eigenvalue weighted by atomic mass is 16.6. The lowest BCUT2D eigenvalue weighted by Crippen LogP contribution is -2.51. The number of hydrogen-bond acceptors (Lipinski definition) is 4. The van der Waals surface area contributed by atoms with Gasteiger partial charge >= 0.3 is 6.09 Å². The first-order valence-electron chi connectivity index (χ1n) is 5.12. The second-order valence-corrected chi connectivity index (χ2v) is 4.46. The van der Waals surface area contributed by atoms with E-state index in [0.717, 1.165) is 0 Å². The highest BCUT2D eigenvalue weighted by molar-refractivity contribution is 5.85. The molecule has 0 bridgehead atoms. The molecule has 0 heterocycles. The van der Waals surface area contributed by atoms with Gasteiger partial charge in [-0.15, -0.1) is 0 Å². The molecule has 1 unspecified atom stereocenters. The molecule has 1 atom stereocenters. The molecule has 0 rings (SSSR count). The monoisotopic (exact) mass is 232 g/mol. The molecule has 16 heavy (non-hydrogen) atoms. The van der Waals surface area contributed by atoms with Crippen LogP contribution in [0.5, 0.6) is 0 Å². The minimum absolute atomic E-state index is 0.0839. The van der Waals surface area contributed by atoms with Gasteiger partial charge < -0.3 is 20.5 Å². The third-order valence-electron chi connectivity index (χ3n) is 1.55. The minimum Gasteiger partial charge on any atom is -0.447 e. The number of aliphatic hydroxyl groups is 1. The molecule has 3 N–H and O–H groups in total. The molecule has 0 aliphatic carbocycles. The van der Waals surface area contributed by atoms with Gasteiger partial charge in [0.05, 0.1) is 6.61 Å². The summed E-state index contributed by atoms with van der Waals surface area (Å²) in [7, 11) is 0. The van der Waals surface area contributed by atoms with Gasteiger partial charge in [-0.05, 0) is 27.7 Å². The van der Waals surface area contributed by atoms with Crippen molar-refractivity contribution in [3.8, 4) is 0 Å². The Bertz CT molecular complexity index is 248. The Morgan fingerprint density at radius 3 is 2.38 bits per heavy atom. The van der Waals surface area contributed by atoms with E-state index in [4.69, 9.17) is 5.11 Å². The predicted molar refractivity (Wildman–Crippen MR) is 58.9 cm³/mol. The number of rotatable bonds is 4. The van der Waals surface area contributed by atoms with Gasteiger partial charge in [0.2, 0.25) is 5.91 Å². The number of nitrogens with one attached hydrogen (secondary N) is 2. The van der Waals surface area contributed by atoms with Crippen molar-refractivity contribution in [2.75, 3.05) is 13.2 Å². The first-order valence-corrected chi connectivity index (χ1v) is 5.12. The SMILES string of the molecule is CC(NC(=O)OCCO)C(=O)NC(C)(C)C. The summed E-state index contributed by atoms with van der Waals surface area (Å²) in [5.74, 6) is -0.284. The maximum absolute atomic E-state index is 11.5. The normalized spacial score (nSPS) is 12.8. The summed E-state index contributed by atoms with van der Waals surface area (Å²) >= 11 is 0. The van der Waals surface area contributed by atoms with Gasteiger partial charge in [0.1, 0.15) is 12.6 Å². The first-order chi connectivity index (χ1) is 7.26. The van der Waals surface area contributed by atoms with E-state index >= 15 is 0 Å². The molecule has 0 saturated heterocycles. The van der Waals surface area contributed by atoms with Crippen molar-refractivity contribution in [2.45, 2.75) is 39.3 Å². The summed E-state index contributed by atoms with van der Waals surface area (Å²) in [6, 6.07) is -0.676. The summed E-state index contributed by atoms with van der Waals surface area (Å²) in [6.45, 7) is 6.78. The number of alkyl carbamates (subject to hydrolysis) is 1. The fraction of sp³-hybridized carbons (Fsp3) is 0.800. The Labute approximate surface area is 95.4 Å². The molecule has 0 aromatic carbocycles. The van der Waals surface area contributed by atoms with E-state index in [-0.39, 0.29) is 24.7 Å². The molecule has 0 aliphatic heterocycles. The molecule has 2 amide bonds. The van der Waals surface area contributed by atoms with Crippen LogP contribution in [0.15, 0.2) is 0 Å². The summed E-state index contributed by atoms with van der Waals surface area (Å²) in [5, 5.41) is 13.5. The van der Waals surface area contributed by atoms with Crippen LogP contribution in [-0.4, -0.2) is 41.9 Å². The van der Waals surface area contributed by atoms with E-state index < -0.39 is 12.1 Å². The van der Waals surface area contributed by atoms with E-state index in [0.29, 0.717) is 0 Å². The molecule has 6 nitrogen and oxygen atoms in total. The fourth-order valence-electron chi connectivity index (χ4n) is 0.900. The zero-order valence-corrected chi connectivity index (χ0v) is 10.2. The van der Waals surface area contributed by atoms with Crippen molar-refractivity contribution >= 4 is 12.0 Å². The number of amides is 2. The molecule has 94 valence electrons. The van der Waals surface area contributed by atoms with E-state index in [1.807, 2.05) is 20.8 Å². The van der Waals surface area contributed by atoms with E-state index in [1.165, 1.54) is 0 Å². The average Bonchev–Trinajstić information content (AvgIpc) is 2.11. The van der Waals surface area contributed by atoms with Crippen LogP contribution >= 0.6 is 0 Å². The van der Waals surface area contributed by atoms with Crippen molar-refractivity contribution in [1.82, 2.24) is 10.6 Å². The highest BCUT2D eigenvalue weighted by Gasteiger charge is 2.20. The van der Waals surface area contributed by atoms with Crippen LogP contribution < -0.4 is 10.6 Å². The van der Waals surface area contributed by atoms with Gasteiger partial charge in [0, 0.05) is 5.54 Å². The second-order valence-electron chi connectivity index (χ2n) is 4.46. The molecule has 0 spiro atoms. The number of ether oxygens (including phenoxy) is 1. The molecule has 0 fully saturated rings. The lowest BCUT2D eigenvalue weighted by Gasteiger charge is -2.23. The van der Waals surface area contributed by atoms with E-state index in [9.17, 15) is 9.59 Å². The van der Waals surface area contributed by atoms with E-state index in [1.54, 1.807) is 6.92 Å². The Kier molecular flexibility index (Phi) is 5.81. The summed E-state index contributed by atoms with van der Waals surface area (Å²) < 4.78 is 4.56. The van der Waals surface area contributed by atoms with Crippen LogP contribution in [0.2, 0.25) is 0 Å². The van der Waals surface area contributed by atoms with Crippen molar-refractivity contribution in [3.63, 3.8) is 0 Å². The van der Waals surface area contributed by atoms with Crippen LogP contribution in [0.25, 0.3) is 0 Å². The quantitative estimate of drug-likeness (QED) is 0.637. The molecular weight excluding hydrogens is 212 g/mol. The molecule has 0 aromatic rings. The Balaban J connectivity index is 4.01. The third-order valence-corrected chi connectivity index (χ3v) is 1.55. The molecular formula is C10H20N2O4. The summed E-state index contributed by atoms with van der Waals surface area (Å²) in [5.41, 5.74) is -0.345. The summed E-state index contributed by atoms with van der Waals surface area (Å²) in [4.78, 5) is 22.6. The van der Waals surface area contributed by atoms with Gasteiger partial charge in [0.15, 0.2) is 0 Å². The minimum atomic E-state index is -0.717. The zero-order chi connectivity index (χ0) is 12.8. The fourth-order valence-corrected chi connectivity index (χ4v) is 0.900. The third kappa shape index (κ3) is 7.05. The number of hydrogen-bond donors (Lipinski definition) is 3. The van der Waals surface area contributed by atoms with E-state index in [2.05, 4.69) is 15.4 Å². The van der Waals surface area contributed by atoms with Crippen molar-refractivity contribution < 1.29 is 19.4 Å². The largest absolute Gasteiger partial charge is 0.447 e. The highest BCUT2D eigenvalue weighted by Crippen LogP contribution is 1.99. The molecule has 0 radical (unpaired) electrons. The molecule has 0 aliphatic rings. The molecule has 6 heteroatoms. The standard InChI is InChI=1S/C10H20N2O4/c1-7(8(14)12-10(2,3)4)11-9(15)16-6-5-13/h7,13H,5-6H2,1-4H3,(H,11,15)(H,12,14). The van der Waals surface area contributed by atoms with Gasteiger partial charge in [-0.3, -0.25) is 4.79 Å². The maximum atomic E-state index is 11.5. The Hall–Kier alpha value is -1.30. The van der Waals surface area contributed by atoms with Crippen molar-refractivity contribution in [1.29, 1.82) is 0 Å². The average molecular weight is 232 g/mol. The van der Waals surface area contributed by atoms with Crippen molar-refractivity contribution in [3.05, 3.63) is 0 Å². The van der Waals surface area contributed by atoms with Gasteiger partial charge in [-0.2, -0.15) is 0 Å². The van der Waals surface area contributed by atoms with Crippen LogP contribution in [-0.2, 0) is 9.53 Å². The number of aliphatic hydroxyl groups excluding tert-OH is 1. The first kappa shape index (κ1) is 14.7. The zero-order valence-electron chi connectivity index (χ0n) is 10.2. The van der Waals surface area contributed by atoms with Crippen LogP contribution in [0.3, 0.4) is 0 Å². The lowest BCUT2D eigenvalue weighted by molar-refractivity contribution is -0.124. The maximum Gasteiger partial charge on any atom is 0.407 e. The lowest BCUT2D eigenvalue weighted by atomic mass is 10.1. The molecule has 0 aromatic heterocycles. The molecule has 0 saturated carbocycles. The van der Waals surface area contributed by atoms with Crippen LogP contribution in [0, 0.1) is 0 Å². The van der Waals surface area contributed by atoms with Gasteiger partial charge in [-0.1, -0.05) is 0 Å². The smallest absolute Gasteiger partial charge is 0.407 e.